The van der Waals surface area contributed by atoms with Crippen LogP contribution in [0.3, 0.4) is 0 Å². The van der Waals surface area contributed by atoms with Crippen LogP contribution < -0.4 is 5.32 Å². The first-order valence-corrected chi connectivity index (χ1v) is 6.37. The van der Waals surface area contributed by atoms with E-state index in [1.807, 2.05) is 47.0 Å². The lowest BCUT2D eigenvalue weighted by molar-refractivity contribution is 0.0506. The summed E-state index contributed by atoms with van der Waals surface area (Å²) in [5, 5.41) is 2.85. The Hall–Kier alpha value is -1.45. The van der Waals surface area contributed by atoms with Crippen molar-refractivity contribution in [2.75, 3.05) is 0 Å². The molecule has 0 aliphatic carbocycles. The summed E-state index contributed by atoms with van der Waals surface area (Å²) in [4.78, 5) is 11.6. The standard InChI is InChI=1S/C14H24N2O2/c1-11(15-13(17)18-14(2,3)4)8-9-12-7-6-10-16(12)5/h6-7,10-11H,8-9H2,1-5H3,(H,15,17)/t11-/m1/s1. The maximum absolute atomic E-state index is 11.6. The molecule has 4 heteroatoms. The first kappa shape index (κ1) is 14.6. The number of hydrogen-bond acceptors (Lipinski definition) is 2. The minimum absolute atomic E-state index is 0.106. The molecule has 4 nitrogen and oxygen atoms in total. The van der Waals surface area contributed by atoms with Crippen LogP contribution in [0.2, 0.25) is 0 Å². The van der Waals surface area contributed by atoms with Crippen molar-refractivity contribution < 1.29 is 9.53 Å². The second kappa shape index (κ2) is 5.94. The van der Waals surface area contributed by atoms with Crippen molar-refractivity contribution in [2.24, 2.45) is 7.05 Å². The van der Waals surface area contributed by atoms with Gasteiger partial charge in [0.1, 0.15) is 5.60 Å². The number of nitrogens with zero attached hydrogens (tertiary/aromatic N) is 1. The van der Waals surface area contributed by atoms with Gasteiger partial charge in [0.25, 0.3) is 0 Å². The summed E-state index contributed by atoms with van der Waals surface area (Å²) in [7, 11) is 2.03. The van der Waals surface area contributed by atoms with E-state index in [1.54, 1.807) is 0 Å². The molecule has 1 atom stereocenters. The molecule has 0 spiro atoms. The lowest BCUT2D eigenvalue weighted by atomic mass is 10.1. The van der Waals surface area contributed by atoms with Crippen molar-refractivity contribution in [3.8, 4) is 0 Å². The molecule has 18 heavy (non-hydrogen) atoms. The van der Waals surface area contributed by atoms with Crippen LogP contribution >= 0.6 is 0 Å². The number of carbonyl (C=O) groups excluding carboxylic acids is 1. The lowest BCUT2D eigenvalue weighted by Gasteiger charge is -2.22. The molecular formula is C14H24N2O2. The third kappa shape index (κ3) is 5.25. The molecule has 0 unspecified atom stereocenters. The smallest absolute Gasteiger partial charge is 0.407 e. The Morgan fingerprint density at radius 3 is 2.67 bits per heavy atom. The van der Waals surface area contributed by atoms with E-state index in [-0.39, 0.29) is 12.1 Å². The number of hydrogen-bond donors (Lipinski definition) is 1. The van der Waals surface area contributed by atoms with Crippen LogP contribution in [-0.2, 0) is 18.2 Å². The van der Waals surface area contributed by atoms with Crippen LogP contribution in [0.4, 0.5) is 4.79 Å². The predicted octanol–water partition coefficient (Wildman–Crippen LogP) is 2.87. The monoisotopic (exact) mass is 252 g/mol. The molecule has 0 bridgehead atoms. The van der Waals surface area contributed by atoms with Gasteiger partial charge >= 0.3 is 6.09 Å². The zero-order valence-corrected chi connectivity index (χ0v) is 12.0. The van der Waals surface area contributed by atoms with Gasteiger partial charge in [0.05, 0.1) is 0 Å². The number of rotatable bonds is 4. The number of nitrogens with one attached hydrogen (secondary N) is 1. The minimum atomic E-state index is -0.443. The number of ether oxygens (including phenoxy) is 1. The molecule has 102 valence electrons. The van der Waals surface area contributed by atoms with Crippen LogP contribution in [-0.4, -0.2) is 22.3 Å². The van der Waals surface area contributed by atoms with E-state index in [0.717, 1.165) is 12.8 Å². The number of alkyl carbamates (subject to hydrolysis) is 1. The molecule has 0 aliphatic heterocycles. The molecule has 0 saturated carbocycles. The molecule has 1 aromatic heterocycles. The fraction of sp³-hybridized carbons (Fsp3) is 0.643. The first-order valence-electron chi connectivity index (χ1n) is 6.37. The van der Waals surface area contributed by atoms with Crippen LogP contribution in [0.15, 0.2) is 18.3 Å². The Bertz CT molecular complexity index is 391. The number of aryl methyl sites for hydroxylation is 2. The van der Waals surface area contributed by atoms with Crippen molar-refractivity contribution in [1.29, 1.82) is 0 Å². The van der Waals surface area contributed by atoms with Gasteiger partial charge in [-0.1, -0.05) is 0 Å². The fourth-order valence-electron chi connectivity index (χ4n) is 1.70. The molecule has 0 saturated heterocycles. The highest BCUT2D eigenvalue weighted by atomic mass is 16.6. The fourth-order valence-corrected chi connectivity index (χ4v) is 1.70. The summed E-state index contributed by atoms with van der Waals surface area (Å²) >= 11 is 0. The Morgan fingerprint density at radius 2 is 2.17 bits per heavy atom. The molecule has 0 aliphatic rings. The van der Waals surface area contributed by atoms with E-state index < -0.39 is 5.60 Å². The van der Waals surface area contributed by atoms with Crippen molar-refractivity contribution in [3.05, 3.63) is 24.0 Å². The summed E-state index contributed by atoms with van der Waals surface area (Å²) in [6.45, 7) is 7.58. The average molecular weight is 252 g/mol. The Labute approximate surface area is 109 Å². The highest BCUT2D eigenvalue weighted by Crippen LogP contribution is 2.08. The van der Waals surface area contributed by atoms with Crippen molar-refractivity contribution >= 4 is 6.09 Å². The van der Waals surface area contributed by atoms with Gasteiger partial charge in [-0.2, -0.15) is 0 Å². The van der Waals surface area contributed by atoms with E-state index in [9.17, 15) is 4.79 Å². The summed E-state index contributed by atoms with van der Waals surface area (Å²) < 4.78 is 7.31. The topological polar surface area (TPSA) is 43.3 Å². The molecule has 1 aromatic rings. The molecular weight excluding hydrogens is 228 g/mol. The van der Waals surface area contributed by atoms with Gasteiger partial charge in [-0.05, 0) is 52.7 Å². The SMILES string of the molecule is C[C@H](CCc1cccn1C)NC(=O)OC(C)(C)C. The van der Waals surface area contributed by atoms with Crippen LogP contribution in [0.5, 0.6) is 0 Å². The summed E-state index contributed by atoms with van der Waals surface area (Å²) in [6, 6.07) is 4.23. The van der Waals surface area contributed by atoms with Crippen LogP contribution in [0.1, 0.15) is 39.8 Å². The van der Waals surface area contributed by atoms with Gasteiger partial charge < -0.3 is 14.6 Å². The average Bonchev–Trinajstić information content (AvgIpc) is 2.57. The van der Waals surface area contributed by atoms with Gasteiger partial charge in [0.15, 0.2) is 0 Å². The zero-order valence-electron chi connectivity index (χ0n) is 12.0. The Balaban J connectivity index is 2.32. The van der Waals surface area contributed by atoms with Crippen molar-refractivity contribution in [1.82, 2.24) is 9.88 Å². The largest absolute Gasteiger partial charge is 0.444 e. The molecule has 1 amide bonds. The zero-order chi connectivity index (χ0) is 13.8. The molecule has 0 fully saturated rings. The van der Waals surface area contributed by atoms with E-state index in [1.165, 1.54) is 5.69 Å². The van der Waals surface area contributed by atoms with E-state index >= 15 is 0 Å². The molecule has 1 N–H and O–H groups in total. The highest BCUT2D eigenvalue weighted by Gasteiger charge is 2.17. The van der Waals surface area contributed by atoms with Crippen LogP contribution in [0, 0.1) is 0 Å². The van der Waals surface area contributed by atoms with Crippen molar-refractivity contribution in [3.63, 3.8) is 0 Å². The third-order valence-corrected chi connectivity index (χ3v) is 2.65. The first-order chi connectivity index (χ1) is 8.28. The lowest BCUT2D eigenvalue weighted by Crippen LogP contribution is -2.37. The van der Waals surface area contributed by atoms with E-state index in [0.29, 0.717) is 0 Å². The quantitative estimate of drug-likeness (QED) is 0.895. The number of aromatic nitrogens is 1. The van der Waals surface area contributed by atoms with Gasteiger partial charge in [-0.3, -0.25) is 0 Å². The minimum Gasteiger partial charge on any atom is -0.444 e. The highest BCUT2D eigenvalue weighted by molar-refractivity contribution is 5.67. The Morgan fingerprint density at radius 1 is 1.50 bits per heavy atom. The molecule has 1 rings (SSSR count). The maximum Gasteiger partial charge on any atom is 0.407 e. The van der Waals surface area contributed by atoms with Crippen LogP contribution in [0.25, 0.3) is 0 Å². The molecule has 1 heterocycles. The molecule has 0 aromatic carbocycles. The van der Waals surface area contributed by atoms with Gasteiger partial charge in [-0.15, -0.1) is 0 Å². The summed E-state index contributed by atoms with van der Waals surface area (Å²) in [6.07, 6.45) is 3.53. The summed E-state index contributed by atoms with van der Waals surface area (Å²) in [5.41, 5.74) is 0.829. The van der Waals surface area contributed by atoms with Crippen molar-refractivity contribution in [2.45, 2.75) is 52.2 Å². The van der Waals surface area contributed by atoms with Gasteiger partial charge in [-0.25, -0.2) is 4.79 Å². The predicted molar refractivity (Wildman–Crippen MR) is 72.6 cm³/mol. The summed E-state index contributed by atoms with van der Waals surface area (Å²) in [5.74, 6) is 0. The second-order valence-corrected chi connectivity index (χ2v) is 5.70. The number of carbonyl (C=O) groups is 1. The van der Waals surface area contributed by atoms with Gasteiger partial charge in [0.2, 0.25) is 0 Å². The van der Waals surface area contributed by atoms with Gasteiger partial charge in [0, 0.05) is 25.0 Å². The van der Waals surface area contributed by atoms with E-state index in [4.69, 9.17) is 4.74 Å². The third-order valence-electron chi connectivity index (χ3n) is 2.65. The Kier molecular flexibility index (Phi) is 4.82. The maximum atomic E-state index is 11.6. The normalized spacial score (nSPS) is 13.2. The van der Waals surface area contributed by atoms with E-state index in [2.05, 4.69) is 16.0 Å². The number of amides is 1. The molecule has 0 radical (unpaired) electrons. The second-order valence-electron chi connectivity index (χ2n) is 5.70.